The van der Waals surface area contributed by atoms with E-state index < -0.39 is 9.84 Å². The van der Waals surface area contributed by atoms with E-state index in [2.05, 4.69) is 13.8 Å². The van der Waals surface area contributed by atoms with Crippen LogP contribution >= 0.6 is 0 Å². The van der Waals surface area contributed by atoms with Gasteiger partial charge in [-0.05, 0) is 120 Å². The largest absolute Gasteiger partial charge is 0.393 e. The van der Waals surface area contributed by atoms with Crippen molar-refractivity contribution in [2.24, 2.45) is 17.3 Å². The molecular formula is C27H50O6S. The summed E-state index contributed by atoms with van der Waals surface area (Å²) < 4.78 is 24.8. The number of aliphatic hydroxyl groups excluding tert-OH is 4. The van der Waals surface area contributed by atoms with Crippen molar-refractivity contribution in [2.45, 2.75) is 151 Å². The molecule has 0 aromatic carbocycles. The standard InChI is InChI=1S/C15H28O2.C12H22O4S/c1-15(2,11-3-7-13(16)8-4-11)12-5-9-14(17)10-6-12;13-9-1-5-11(6-2-9)17(15,16)12-7-3-10(14)4-8-12/h11-14,16-17H,3-10H2,1-2H3;9-14H,1-8H2. The molecule has 7 heteroatoms. The number of rotatable bonds is 4. The molecular weight excluding hydrogens is 452 g/mol. The minimum absolute atomic E-state index is 0.0461. The van der Waals surface area contributed by atoms with Crippen LogP contribution in [0, 0.1) is 17.3 Å². The molecule has 4 fully saturated rings. The molecule has 4 N–H and O–H groups in total. The maximum absolute atomic E-state index is 12.4. The molecule has 0 atom stereocenters. The van der Waals surface area contributed by atoms with E-state index in [9.17, 15) is 28.8 Å². The van der Waals surface area contributed by atoms with Gasteiger partial charge in [-0.15, -0.1) is 0 Å². The van der Waals surface area contributed by atoms with Gasteiger partial charge in [0.05, 0.1) is 34.9 Å². The lowest BCUT2D eigenvalue weighted by molar-refractivity contribution is 0.00233. The summed E-state index contributed by atoms with van der Waals surface area (Å²) in [4.78, 5) is 0. The molecule has 4 aliphatic carbocycles. The third-order valence-corrected chi connectivity index (χ3v) is 12.5. The Labute approximate surface area is 207 Å². The normalized spacial score (nSPS) is 40.2. The van der Waals surface area contributed by atoms with E-state index in [-0.39, 0.29) is 34.9 Å². The topological polar surface area (TPSA) is 115 Å². The molecule has 0 bridgehead atoms. The van der Waals surface area contributed by atoms with Crippen LogP contribution in [-0.2, 0) is 9.84 Å². The summed E-state index contributed by atoms with van der Waals surface area (Å²) in [5.74, 6) is 1.54. The second-order valence-electron chi connectivity index (χ2n) is 12.3. The molecule has 34 heavy (non-hydrogen) atoms. The van der Waals surface area contributed by atoms with Crippen molar-refractivity contribution >= 4 is 9.84 Å². The van der Waals surface area contributed by atoms with Gasteiger partial charge in [0.2, 0.25) is 0 Å². The molecule has 0 amide bonds. The van der Waals surface area contributed by atoms with Gasteiger partial charge >= 0.3 is 0 Å². The monoisotopic (exact) mass is 502 g/mol. The summed E-state index contributed by atoms with van der Waals surface area (Å²) in [6.45, 7) is 4.83. The Morgan fingerprint density at radius 3 is 0.971 bits per heavy atom. The maximum Gasteiger partial charge on any atom is 0.156 e. The van der Waals surface area contributed by atoms with Gasteiger partial charge in [-0.3, -0.25) is 0 Å². The van der Waals surface area contributed by atoms with Gasteiger partial charge in [-0.25, -0.2) is 8.42 Å². The van der Waals surface area contributed by atoms with E-state index in [1.165, 1.54) is 25.7 Å². The Hall–Kier alpha value is -0.210. The molecule has 0 unspecified atom stereocenters. The zero-order valence-corrected chi connectivity index (χ0v) is 22.3. The van der Waals surface area contributed by atoms with Crippen LogP contribution in [0.4, 0.5) is 0 Å². The van der Waals surface area contributed by atoms with Crippen molar-refractivity contribution in [3.05, 3.63) is 0 Å². The second-order valence-corrected chi connectivity index (χ2v) is 14.8. The van der Waals surface area contributed by atoms with Crippen LogP contribution in [-0.4, -0.2) is 63.8 Å². The van der Waals surface area contributed by atoms with Gasteiger partial charge in [0.15, 0.2) is 9.84 Å². The first-order valence-electron chi connectivity index (χ1n) is 13.9. The lowest BCUT2D eigenvalue weighted by atomic mass is 9.60. The van der Waals surface area contributed by atoms with Gasteiger partial charge in [-0.2, -0.15) is 0 Å². The molecule has 4 saturated carbocycles. The van der Waals surface area contributed by atoms with E-state index in [0.717, 1.165) is 37.5 Å². The van der Waals surface area contributed by atoms with Gasteiger partial charge in [0, 0.05) is 0 Å². The van der Waals surface area contributed by atoms with Crippen LogP contribution < -0.4 is 0 Å². The van der Waals surface area contributed by atoms with Crippen molar-refractivity contribution in [3.63, 3.8) is 0 Å². The smallest absolute Gasteiger partial charge is 0.156 e. The Morgan fingerprint density at radius 2 is 0.706 bits per heavy atom. The van der Waals surface area contributed by atoms with E-state index in [1.807, 2.05) is 0 Å². The third-order valence-electron chi connectivity index (χ3n) is 9.71. The summed E-state index contributed by atoms with van der Waals surface area (Å²) >= 11 is 0. The summed E-state index contributed by atoms with van der Waals surface area (Å²) in [5.41, 5.74) is 0.389. The molecule has 0 heterocycles. The average molecular weight is 503 g/mol. The zero-order valence-electron chi connectivity index (χ0n) is 21.4. The van der Waals surface area contributed by atoms with Crippen molar-refractivity contribution < 1.29 is 28.8 Å². The first-order valence-corrected chi connectivity index (χ1v) is 15.6. The number of hydrogen-bond donors (Lipinski definition) is 4. The minimum atomic E-state index is -3.05. The van der Waals surface area contributed by atoms with Crippen LogP contribution in [0.15, 0.2) is 0 Å². The Bertz CT molecular complexity index is 639. The van der Waals surface area contributed by atoms with Gasteiger partial charge < -0.3 is 20.4 Å². The van der Waals surface area contributed by atoms with E-state index in [4.69, 9.17) is 0 Å². The molecule has 6 nitrogen and oxygen atoms in total. The SMILES string of the molecule is CC(C)(C1CCC(O)CC1)C1CCC(O)CC1.O=S(=O)(C1CCC(O)CC1)C1CCC(O)CC1. The van der Waals surface area contributed by atoms with Crippen molar-refractivity contribution in [1.82, 2.24) is 0 Å². The van der Waals surface area contributed by atoms with Gasteiger partial charge in [0.25, 0.3) is 0 Å². The van der Waals surface area contributed by atoms with Gasteiger partial charge in [0.1, 0.15) is 0 Å². The number of aliphatic hydroxyl groups is 4. The zero-order chi connectivity index (χ0) is 24.9. The molecule has 200 valence electrons. The fourth-order valence-corrected chi connectivity index (χ4v) is 9.40. The molecule has 4 rings (SSSR count). The van der Waals surface area contributed by atoms with E-state index >= 15 is 0 Å². The number of sulfone groups is 1. The fourth-order valence-electron chi connectivity index (χ4n) is 6.99. The van der Waals surface area contributed by atoms with Crippen LogP contribution in [0.3, 0.4) is 0 Å². The molecule has 0 radical (unpaired) electrons. The molecule has 0 aliphatic heterocycles. The average Bonchev–Trinajstić information content (AvgIpc) is 2.81. The quantitative estimate of drug-likeness (QED) is 0.460. The first-order chi connectivity index (χ1) is 16.0. The highest BCUT2D eigenvalue weighted by atomic mass is 32.2. The third kappa shape index (κ3) is 7.41. The fraction of sp³-hybridized carbons (Fsp3) is 1.00. The predicted molar refractivity (Wildman–Crippen MR) is 135 cm³/mol. The maximum atomic E-state index is 12.4. The van der Waals surface area contributed by atoms with Crippen LogP contribution in [0.1, 0.15) is 117 Å². The highest BCUT2D eigenvalue weighted by Gasteiger charge is 2.40. The summed E-state index contributed by atoms with van der Waals surface area (Å²) in [7, 11) is -3.05. The summed E-state index contributed by atoms with van der Waals surface area (Å²) in [6, 6.07) is 0. The van der Waals surface area contributed by atoms with Crippen molar-refractivity contribution in [1.29, 1.82) is 0 Å². The van der Waals surface area contributed by atoms with Crippen LogP contribution in [0.2, 0.25) is 0 Å². The predicted octanol–water partition coefficient (Wildman–Crippen LogP) is 4.12. The van der Waals surface area contributed by atoms with E-state index in [0.29, 0.717) is 56.8 Å². The van der Waals surface area contributed by atoms with Crippen LogP contribution in [0.25, 0.3) is 0 Å². The summed E-state index contributed by atoms with van der Waals surface area (Å²) in [5, 5.41) is 37.5. The summed E-state index contributed by atoms with van der Waals surface area (Å²) in [6.07, 6.45) is 12.8. The Balaban J connectivity index is 0.000000191. The lowest BCUT2D eigenvalue weighted by Crippen LogP contribution is -2.38. The van der Waals surface area contributed by atoms with Crippen LogP contribution in [0.5, 0.6) is 0 Å². The van der Waals surface area contributed by atoms with Crippen molar-refractivity contribution in [3.8, 4) is 0 Å². The Kier molecular flexibility index (Phi) is 10.3. The van der Waals surface area contributed by atoms with Gasteiger partial charge in [-0.1, -0.05) is 13.8 Å². The highest BCUT2D eigenvalue weighted by molar-refractivity contribution is 7.92. The highest BCUT2D eigenvalue weighted by Crippen LogP contribution is 2.48. The second kappa shape index (κ2) is 12.4. The molecule has 0 spiro atoms. The number of hydrogen-bond acceptors (Lipinski definition) is 6. The Morgan fingerprint density at radius 1 is 0.471 bits per heavy atom. The lowest BCUT2D eigenvalue weighted by Gasteiger charge is -2.46. The van der Waals surface area contributed by atoms with Crippen molar-refractivity contribution in [2.75, 3.05) is 0 Å². The molecule has 0 aromatic rings. The molecule has 0 saturated heterocycles. The first kappa shape index (κ1) is 28.4. The van der Waals surface area contributed by atoms with E-state index in [1.54, 1.807) is 0 Å². The molecule has 4 aliphatic rings. The molecule has 0 aromatic heterocycles. The minimum Gasteiger partial charge on any atom is -0.393 e.